The Bertz CT molecular complexity index is 637. The van der Waals surface area contributed by atoms with Gasteiger partial charge in [-0.2, -0.15) is 23.5 Å². The van der Waals surface area contributed by atoms with Gasteiger partial charge in [0.1, 0.15) is 24.2 Å². The maximum absolute atomic E-state index is 13.1. The van der Waals surface area contributed by atoms with Crippen LogP contribution in [-0.2, 0) is 19.2 Å². The third-order valence-corrected chi connectivity index (χ3v) is 6.40. The van der Waals surface area contributed by atoms with Gasteiger partial charge in [0.25, 0.3) is 0 Å². The molecule has 178 valence electrons. The quantitative estimate of drug-likeness (QED) is 0.229. The Labute approximate surface area is 191 Å². The summed E-state index contributed by atoms with van der Waals surface area (Å²) in [6.07, 6.45) is 4.29. The minimum absolute atomic E-state index is 0.316. The van der Waals surface area contributed by atoms with Crippen LogP contribution in [0.4, 0.5) is 0 Å². The number of likely N-dealkylation sites (tertiary alicyclic amines) is 1. The van der Waals surface area contributed by atoms with Gasteiger partial charge in [-0.15, -0.1) is 0 Å². The lowest BCUT2D eigenvalue weighted by Crippen LogP contribution is -2.58. The van der Waals surface area contributed by atoms with Crippen molar-refractivity contribution >= 4 is 47.2 Å². The Morgan fingerprint density at radius 1 is 1.06 bits per heavy atom. The molecule has 1 fully saturated rings. The molecule has 0 radical (unpaired) electrons. The maximum atomic E-state index is 13.1. The molecular weight excluding hydrogens is 444 g/mol. The van der Waals surface area contributed by atoms with Gasteiger partial charge in [0, 0.05) is 6.54 Å². The largest absolute Gasteiger partial charge is 0.480 e. The molecule has 0 aromatic heterocycles. The monoisotopic (exact) mass is 478 g/mol. The van der Waals surface area contributed by atoms with Crippen molar-refractivity contribution in [2.45, 2.75) is 62.9 Å². The molecule has 0 aromatic carbocycles. The number of carbonyl (C=O) groups excluding carboxylic acids is 3. The second-order valence-corrected chi connectivity index (χ2v) is 9.45. The van der Waals surface area contributed by atoms with Crippen molar-refractivity contribution in [1.29, 1.82) is 0 Å². The smallest absolute Gasteiger partial charge is 0.326 e. The topological polar surface area (TPSA) is 162 Å². The lowest BCUT2D eigenvalue weighted by molar-refractivity contribution is -0.149. The third kappa shape index (κ3) is 8.51. The van der Waals surface area contributed by atoms with Crippen LogP contribution in [0.5, 0.6) is 0 Å². The Kier molecular flexibility index (Phi) is 12.3. The summed E-state index contributed by atoms with van der Waals surface area (Å²) in [5, 5.41) is 24.2. The van der Waals surface area contributed by atoms with E-state index >= 15 is 0 Å². The fourth-order valence-corrected chi connectivity index (χ4v) is 4.19. The number of nitrogens with zero attached hydrogens (tertiary/aromatic N) is 1. The van der Waals surface area contributed by atoms with Crippen molar-refractivity contribution < 1.29 is 29.4 Å². The molecule has 31 heavy (non-hydrogen) atoms. The van der Waals surface area contributed by atoms with Crippen LogP contribution in [0.15, 0.2) is 0 Å². The Morgan fingerprint density at radius 2 is 1.61 bits per heavy atom. The number of hydrogen-bond acceptors (Lipinski definition) is 8. The van der Waals surface area contributed by atoms with Gasteiger partial charge in [0.05, 0.1) is 6.10 Å². The van der Waals surface area contributed by atoms with Crippen molar-refractivity contribution in [2.24, 2.45) is 5.73 Å². The molecule has 10 nitrogen and oxygen atoms in total. The number of nitrogens with one attached hydrogen (secondary N) is 2. The van der Waals surface area contributed by atoms with Crippen LogP contribution < -0.4 is 16.4 Å². The van der Waals surface area contributed by atoms with Crippen LogP contribution in [0.25, 0.3) is 0 Å². The first kappa shape index (κ1) is 27.5. The predicted octanol–water partition coefficient (Wildman–Crippen LogP) is -0.754. The molecule has 5 unspecified atom stereocenters. The van der Waals surface area contributed by atoms with E-state index in [1.807, 2.05) is 12.5 Å². The van der Waals surface area contributed by atoms with Crippen molar-refractivity contribution in [1.82, 2.24) is 15.5 Å². The number of thioether (sulfide) groups is 2. The number of hydrogen-bond donors (Lipinski definition) is 5. The summed E-state index contributed by atoms with van der Waals surface area (Å²) in [5.74, 6) is -1.50. The zero-order chi connectivity index (χ0) is 23.6. The molecule has 1 aliphatic heterocycles. The van der Waals surface area contributed by atoms with E-state index in [0.717, 1.165) is 0 Å². The molecule has 5 atom stereocenters. The summed E-state index contributed by atoms with van der Waals surface area (Å²) in [6.45, 7) is 1.71. The molecule has 1 aliphatic rings. The summed E-state index contributed by atoms with van der Waals surface area (Å²) in [4.78, 5) is 51.0. The summed E-state index contributed by atoms with van der Waals surface area (Å²) >= 11 is 3.00. The average molecular weight is 479 g/mol. The lowest BCUT2D eigenvalue weighted by Gasteiger charge is -2.29. The molecule has 1 heterocycles. The summed E-state index contributed by atoms with van der Waals surface area (Å²) < 4.78 is 0. The van der Waals surface area contributed by atoms with Crippen molar-refractivity contribution in [3.05, 3.63) is 0 Å². The van der Waals surface area contributed by atoms with Gasteiger partial charge in [-0.3, -0.25) is 14.4 Å². The van der Waals surface area contributed by atoms with E-state index in [0.29, 0.717) is 43.7 Å². The number of aliphatic hydroxyl groups excluding tert-OH is 1. The number of carbonyl (C=O) groups is 4. The minimum Gasteiger partial charge on any atom is -0.480 e. The van der Waals surface area contributed by atoms with Crippen molar-refractivity contribution in [2.75, 3.05) is 30.6 Å². The number of rotatable bonds is 13. The van der Waals surface area contributed by atoms with Crippen molar-refractivity contribution in [3.8, 4) is 0 Å². The van der Waals surface area contributed by atoms with Gasteiger partial charge in [0.2, 0.25) is 17.7 Å². The predicted molar refractivity (Wildman–Crippen MR) is 122 cm³/mol. The van der Waals surface area contributed by atoms with Crippen LogP contribution in [0, 0.1) is 0 Å². The fourth-order valence-electron chi connectivity index (χ4n) is 3.24. The van der Waals surface area contributed by atoms with E-state index in [1.54, 1.807) is 0 Å². The van der Waals surface area contributed by atoms with Crippen LogP contribution >= 0.6 is 23.5 Å². The highest BCUT2D eigenvalue weighted by atomic mass is 32.2. The highest BCUT2D eigenvalue weighted by Gasteiger charge is 2.38. The third-order valence-electron chi connectivity index (χ3n) is 5.11. The Balaban J connectivity index is 2.95. The standard InChI is InChI=1S/C19H34N4O6S2/c1-11(24)15(20)17(26)21-12(6-9-30-2)16(25)22-13(7-10-31-3)18(27)23-8-4-5-14(23)19(28)29/h11-15,24H,4-10,20H2,1-3H3,(H,21,26)(H,22,25)(H,28,29). The lowest BCUT2D eigenvalue weighted by atomic mass is 10.1. The van der Waals surface area contributed by atoms with Crippen molar-refractivity contribution in [3.63, 3.8) is 0 Å². The highest BCUT2D eigenvalue weighted by molar-refractivity contribution is 7.98. The molecule has 1 saturated heterocycles. The van der Waals surface area contributed by atoms with E-state index in [1.165, 1.54) is 35.3 Å². The fraction of sp³-hybridized carbons (Fsp3) is 0.789. The van der Waals surface area contributed by atoms with Gasteiger partial charge >= 0.3 is 5.97 Å². The van der Waals surface area contributed by atoms with E-state index in [9.17, 15) is 29.4 Å². The molecule has 6 N–H and O–H groups in total. The van der Waals surface area contributed by atoms with E-state index in [4.69, 9.17) is 5.73 Å². The molecule has 3 amide bonds. The van der Waals surface area contributed by atoms with Gasteiger partial charge in [-0.05, 0) is 56.6 Å². The Morgan fingerprint density at radius 3 is 2.13 bits per heavy atom. The summed E-state index contributed by atoms with van der Waals surface area (Å²) in [5.41, 5.74) is 5.66. The molecular formula is C19H34N4O6S2. The van der Waals surface area contributed by atoms with Crippen LogP contribution in [0.1, 0.15) is 32.6 Å². The minimum atomic E-state index is -1.18. The zero-order valence-corrected chi connectivity index (χ0v) is 19.8. The number of carboxylic acids is 1. The molecule has 1 rings (SSSR count). The first-order valence-electron chi connectivity index (χ1n) is 10.2. The Hall–Kier alpha value is -1.50. The van der Waals surface area contributed by atoms with Gasteiger partial charge < -0.3 is 31.5 Å². The molecule has 0 aliphatic carbocycles. The number of aliphatic hydroxyl groups is 1. The zero-order valence-electron chi connectivity index (χ0n) is 18.2. The van der Waals surface area contributed by atoms with Crippen LogP contribution in [0.2, 0.25) is 0 Å². The van der Waals surface area contributed by atoms with Gasteiger partial charge in [0.15, 0.2) is 0 Å². The molecule has 12 heteroatoms. The average Bonchev–Trinajstić information content (AvgIpc) is 3.22. The van der Waals surface area contributed by atoms with E-state index in [-0.39, 0.29) is 0 Å². The molecule has 0 saturated carbocycles. The van der Waals surface area contributed by atoms with Crippen LogP contribution in [0.3, 0.4) is 0 Å². The number of nitrogens with two attached hydrogens (primary N) is 1. The molecule has 0 spiro atoms. The number of carboxylic acid groups (broad SMARTS) is 1. The van der Waals surface area contributed by atoms with E-state index < -0.39 is 54.0 Å². The molecule has 0 aromatic rings. The SMILES string of the molecule is CSCCC(NC(=O)C(N)C(C)O)C(=O)NC(CCSC)C(=O)N1CCCC1C(=O)O. The maximum Gasteiger partial charge on any atom is 0.326 e. The highest BCUT2D eigenvalue weighted by Crippen LogP contribution is 2.20. The summed E-state index contributed by atoms with van der Waals surface area (Å²) in [6, 6.07) is -3.89. The van der Waals surface area contributed by atoms with Gasteiger partial charge in [-0.1, -0.05) is 0 Å². The van der Waals surface area contributed by atoms with E-state index in [2.05, 4.69) is 10.6 Å². The second-order valence-electron chi connectivity index (χ2n) is 7.48. The van der Waals surface area contributed by atoms with Gasteiger partial charge in [-0.25, -0.2) is 4.79 Å². The van der Waals surface area contributed by atoms with Crippen LogP contribution in [-0.4, -0.2) is 99.6 Å². The number of amides is 3. The first-order chi connectivity index (χ1) is 14.6. The second kappa shape index (κ2) is 13.8. The first-order valence-corrected chi connectivity index (χ1v) is 13.0. The molecule has 0 bridgehead atoms. The number of aliphatic carboxylic acids is 1. The normalized spacial score (nSPS) is 19.9. The summed E-state index contributed by atoms with van der Waals surface area (Å²) in [7, 11) is 0.